The SMILES string of the molecule is CNC(=O)CN(C)c1ccc([N+](=O)[O-])cc1S(=O)(=O)N1CCOCC1. The first-order valence-corrected chi connectivity index (χ1v) is 8.99. The third-order valence-electron chi connectivity index (χ3n) is 3.81. The van der Waals surface area contributed by atoms with Crippen molar-refractivity contribution in [3.8, 4) is 0 Å². The maximum atomic E-state index is 13.0. The molecule has 0 aromatic heterocycles. The van der Waals surface area contributed by atoms with Crippen LogP contribution < -0.4 is 10.2 Å². The van der Waals surface area contributed by atoms with Crippen molar-refractivity contribution in [2.24, 2.45) is 0 Å². The molecule has 25 heavy (non-hydrogen) atoms. The lowest BCUT2D eigenvalue weighted by molar-refractivity contribution is -0.385. The van der Waals surface area contributed by atoms with E-state index in [2.05, 4.69) is 5.32 Å². The molecular formula is C14H20N4O6S. The molecule has 0 bridgehead atoms. The zero-order chi connectivity index (χ0) is 18.6. The highest BCUT2D eigenvalue weighted by Gasteiger charge is 2.31. The summed E-state index contributed by atoms with van der Waals surface area (Å²) < 4.78 is 32.3. The zero-order valence-electron chi connectivity index (χ0n) is 14.0. The number of carbonyl (C=O) groups excluding carboxylic acids is 1. The molecular weight excluding hydrogens is 352 g/mol. The highest BCUT2D eigenvalue weighted by molar-refractivity contribution is 7.89. The van der Waals surface area contributed by atoms with E-state index in [1.165, 1.54) is 28.4 Å². The number of nitro groups is 1. The Hall–Kier alpha value is -2.24. The number of nitro benzene ring substituents is 1. The fraction of sp³-hybridized carbons (Fsp3) is 0.500. The molecule has 2 rings (SSSR count). The molecule has 1 aliphatic heterocycles. The van der Waals surface area contributed by atoms with Crippen LogP contribution in [-0.4, -0.2) is 70.5 Å². The van der Waals surface area contributed by atoms with E-state index in [1.807, 2.05) is 0 Å². The number of morpholine rings is 1. The number of carbonyl (C=O) groups is 1. The standard InChI is InChI=1S/C14H20N4O6S/c1-15-14(19)10-16(2)12-4-3-11(18(20)21)9-13(12)25(22,23)17-5-7-24-8-6-17/h3-4,9H,5-8,10H2,1-2H3,(H,15,19). The Bertz CT molecular complexity index is 761. The Morgan fingerprint density at radius 3 is 2.60 bits per heavy atom. The molecule has 1 aromatic carbocycles. The summed E-state index contributed by atoms with van der Waals surface area (Å²) in [6, 6.07) is 3.59. The summed E-state index contributed by atoms with van der Waals surface area (Å²) in [5, 5.41) is 13.5. The lowest BCUT2D eigenvalue weighted by Crippen LogP contribution is -2.41. The minimum Gasteiger partial charge on any atom is -0.379 e. The van der Waals surface area contributed by atoms with Crippen molar-refractivity contribution in [2.75, 3.05) is 51.8 Å². The van der Waals surface area contributed by atoms with Crippen molar-refractivity contribution in [3.05, 3.63) is 28.3 Å². The molecule has 0 atom stereocenters. The molecule has 1 N–H and O–H groups in total. The summed E-state index contributed by atoms with van der Waals surface area (Å²) >= 11 is 0. The maximum Gasteiger partial charge on any atom is 0.270 e. The summed E-state index contributed by atoms with van der Waals surface area (Å²) in [5.74, 6) is -0.310. The van der Waals surface area contributed by atoms with Gasteiger partial charge in [0.25, 0.3) is 5.69 Å². The van der Waals surface area contributed by atoms with E-state index in [-0.39, 0.29) is 55.0 Å². The van der Waals surface area contributed by atoms with Gasteiger partial charge in [0.15, 0.2) is 0 Å². The number of ether oxygens (including phenoxy) is 1. The first kappa shape index (κ1) is 19.1. The number of hydrogen-bond donors (Lipinski definition) is 1. The number of anilines is 1. The molecule has 1 aromatic rings. The second-order valence-corrected chi connectivity index (χ2v) is 7.36. The van der Waals surface area contributed by atoms with E-state index in [0.29, 0.717) is 0 Å². The molecule has 0 saturated carbocycles. The van der Waals surface area contributed by atoms with E-state index in [4.69, 9.17) is 4.74 Å². The second kappa shape index (κ2) is 7.76. The molecule has 1 heterocycles. The fourth-order valence-electron chi connectivity index (χ4n) is 2.44. The summed E-state index contributed by atoms with van der Waals surface area (Å²) in [6.07, 6.45) is 0. The number of likely N-dealkylation sites (N-methyl/N-ethyl adjacent to an activating group) is 2. The number of amides is 1. The number of benzene rings is 1. The third-order valence-corrected chi connectivity index (χ3v) is 5.74. The van der Waals surface area contributed by atoms with Gasteiger partial charge < -0.3 is 15.0 Å². The predicted molar refractivity (Wildman–Crippen MR) is 90.0 cm³/mol. The van der Waals surface area contributed by atoms with Gasteiger partial charge in [-0.2, -0.15) is 4.31 Å². The molecule has 1 saturated heterocycles. The molecule has 1 aliphatic rings. The van der Waals surface area contributed by atoms with Gasteiger partial charge in [0, 0.05) is 39.3 Å². The zero-order valence-corrected chi connectivity index (χ0v) is 14.8. The monoisotopic (exact) mass is 372 g/mol. The summed E-state index contributed by atoms with van der Waals surface area (Å²) in [6.45, 7) is 0.780. The molecule has 0 unspecified atom stereocenters. The van der Waals surface area contributed by atoms with Gasteiger partial charge in [-0.25, -0.2) is 8.42 Å². The summed E-state index contributed by atoms with van der Waals surface area (Å²) in [5.41, 5.74) is -0.107. The van der Waals surface area contributed by atoms with Crippen LogP contribution in [0, 0.1) is 10.1 Å². The molecule has 1 fully saturated rings. The van der Waals surface area contributed by atoms with Gasteiger partial charge in [-0.05, 0) is 6.07 Å². The van der Waals surface area contributed by atoms with Crippen LogP contribution in [0.3, 0.4) is 0 Å². The van der Waals surface area contributed by atoms with Crippen LogP contribution in [-0.2, 0) is 19.6 Å². The molecule has 0 aliphatic carbocycles. The minimum absolute atomic E-state index is 0.0834. The lowest BCUT2D eigenvalue weighted by Gasteiger charge is -2.28. The summed E-state index contributed by atoms with van der Waals surface area (Å²) in [7, 11) is -0.941. The van der Waals surface area contributed by atoms with Gasteiger partial charge in [0.1, 0.15) is 4.90 Å². The van der Waals surface area contributed by atoms with Gasteiger partial charge in [0.05, 0.1) is 30.4 Å². The van der Waals surface area contributed by atoms with E-state index in [0.717, 1.165) is 6.07 Å². The van der Waals surface area contributed by atoms with E-state index >= 15 is 0 Å². The van der Waals surface area contributed by atoms with Crippen molar-refractivity contribution in [2.45, 2.75) is 4.90 Å². The molecule has 0 spiro atoms. The number of hydrogen-bond acceptors (Lipinski definition) is 7. The Morgan fingerprint density at radius 2 is 2.04 bits per heavy atom. The Labute approximate surface area is 145 Å². The average Bonchev–Trinajstić information content (AvgIpc) is 2.61. The maximum absolute atomic E-state index is 13.0. The number of nitrogens with one attached hydrogen (secondary N) is 1. The van der Waals surface area contributed by atoms with Gasteiger partial charge in [0.2, 0.25) is 15.9 Å². The van der Waals surface area contributed by atoms with Crippen molar-refractivity contribution in [3.63, 3.8) is 0 Å². The predicted octanol–water partition coefficient (Wildman–Crippen LogP) is -0.202. The number of sulfonamides is 1. The van der Waals surface area contributed by atoms with Crippen molar-refractivity contribution < 1.29 is 22.9 Å². The quantitative estimate of drug-likeness (QED) is 0.542. The van der Waals surface area contributed by atoms with Crippen molar-refractivity contribution in [1.29, 1.82) is 0 Å². The van der Waals surface area contributed by atoms with Crippen LogP contribution >= 0.6 is 0 Å². The molecule has 1 amide bonds. The highest BCUT2D eigenvalue weighted by Crippen LogP contribution is 2.31. The van der Waals surface area contributed by atoms with Crippen LogP contribution in [0.15, 0.2) is 23.1 Å². The number of nitrogens with zero attached hydrogens (tertiary/aromatic N) is 3. The van der Waals surface area contributed by atoms with Crippen LogP contribution in [0.2, 0.25) is 0 Å². The third kappa shape index (κ3) is 4.24. The second-order valence-electron chi connectivity index (χ2n) is 5.45. The largest absolute Gasteiger partial charge is 0.379 e. The highest BCUT2D eigenvalue weighted by atomic mass is 32.2. The van der Waals surface area contributed by atoms with Gasteiger partial charge in [-0.1, -0.05) is 0 Å². The van der Waals surface area contributed by atoms with Crippen molar-refractivity contribution in [1.82, 2.24) is 9.62 Å². The number of rotatable bonds is 6. The normalized spacial score (nSPS) is 15.6. The topological polar surface area (TPSA) is 122 Å². The summed E-state index contributed by atoms with van der Waals surface area (Å²) in [4.78, 5) is 23.2. The van der Waals surface area contributed by atoms with E-state index < -0.39 is 14.9 Å². The molecule has 0 radical (unpaired) electrons. The Balaban J connectivity index is 2.49. The molecule has 10 nitrogen and oxygen atoms in total. The van der Waals surface area contributed by atoms with Gasteiger partial charge >= 0.3 is 0 Å². The average molecular weight is 372 g/mol. The Morgan fingerprint density at radius 1 is 1.40 bits per heavy atom. The first-order chi connectivity index (χ1) is 11.8. The van der Waals surface area contributed by atoms with Gasteiger partial charge in [-0.3, -0.25) is 14.9 Å². The number of non-ortho nitro benzene ring substituents is 1. The van der Waals surface area contributed by atoms with Crippen LogP contribution in [0.4, 0.5) is 11.4 Å². The van der Waals surface area contributed by atoms with Crippen LogP contribution in [0.5, 0.6) is 0 Å². The van der Waals surface area contributed by atoms with Crippen LogP contribution in [0.1, 0.15) is 0 Å². The van der Waals surface area contributed by atoms with Crippen molar-refractivity contribution >= 4 is 27.3 Å². The fourth-order valence-corrected chi connectivity index (χ4v) is 4.11. The molecule has 11 heteroatoms. The van der Waals surface area contributed by atoms with Crippen LogP contribution in [0.25, 0.3) is 0 Å². The minimum atomic E-state index is -3.96. The van der Waals surface area contributed by atoms with E-state index in [1.54, 1.807) is 7.05 Å². The van der Waals surface area contributed by atoms with E-state index in [9.17, 15) is 23.3 Å². The first-order valence-electron chi connectivity index (χ1n) is 7.55. The lowest BCUT2D eigenvalue weighted by atomic mass is 10.2. The molecule has 138 valence electrons. The Kier molecular flexibility index (Phi) is 5.93. The smallest absolute Gasteiger partial charge is 0.270 e. The van der Waals surface area contributed by atoms with Gasteiger partial charge in [-0.15, -0.1) is 0 Å².